The van der Waals surface area contributed by atoms with E-state index in [9.17, 15) is 5.11 Å². The van der Waals surface area contributed by atoms with E-state index in [-0.39, 0.29) is 0 Å². The lowest BCUT2D eigenvalue weighted by atomic mass is 9.84. The van der Waals surface area contributed by atoms with E-state index in [0.717, 1.165) is 38.9 Å². The predicted octanol–water partition coefficient (Wildman–Crippen LogP) is 1.10. The Morgan fingerprint density at radius 3 is 2.60 bits per heavy atom. The molecule has 1 atom stereocenters. The van der Waals surface area contributed by atoms with Crippen molar-refractivity contribution in [2.45, 2.75) is 56.6 Å². The number of β-amino-alcohol motifs (C(OH)–C–C–N with tert-alkyl or cyclic N) is 1. The van der Waals surface area contributed by atoms with Gasteiger partial charge in [-0.1, -0.05) is 19.3 Å². The van der Waals surface area contributed by atoms with Crippen molar-refractivity contribution in [3.05, 3.63) is 0 Å². The topological polar surface area (TPSA) is 49.5 Å². The molecule has 0 bridgehead atoms. The van der Waals surface area contributed by atoms with Gasteiger partial charge in [-0.2, -0.15) is 0 Å². The lowest BCUT2D eigenvalue weighted by Crippen LogP contribution is -2.50. The van der Waals surface area contributed by atoms with Gasteiger partial charge in [-0.15, -0.1) is 0 Å². The van der Waals surface area contributed by atoms with Gasteiger partial charge in [-0.3, -0.25) is 4.90 Å². The second-order valence-corrected chi connectivity index (χ2v) is 5.42. The highest BCUT2D eigenvalue weighted by molar-refractivity contribution is 4.87. The van der Waals surface area contributed by atoms with Crippen LogP contribution in [0.3, 0.4) is 0 Å². The number of aliphatic hydroxyl groups is 1. The Bertz CT molecular complexity index is 202. The summed E-state index contributed by atoms with van der Waals surface area (Å²) in [5.41, 5.74) is 5.54. The van der Waals surface area contributed by atoms with Gasteiger partial charge in [-0.25, -0.2) is 0 Å². The largest absolute Gasteiger partial charge is 0.389 e. The van der Waals surface area contributed by atoms with Gasteiger partial charge in [-0.05, 0) is 32.2 Å². The molecule has 2 aliphatic rings. The van der Waals surface area contributed by atoms with Gasteiger partial charge in [0.1, 0.15) is 0 Å². The summed E-state index contributed by atoms with van der Waals surface area (Å²) in [6.07, 6.45) is 7.98. The molecule has 1 unspecified atom stereocenters. The maximum absolute atomic E-state index is 10.4. The summed E-state index contributed by atoms with van der Waals surface area (Å²) in [7, 11) is 0. The molecule has 0 aromatic heterocycles. The minimum absolute atomic E-state index is 0.325. The van der Waals surface area contributed by atoms with E-state index < -0.39 is 5.60 Å². The highest BCUT2D eigenvalue weighted by atomic mass is 16.3. The van der Waals surface area contributed by atoms with Crippen molar-refractivity contribution in [1.82, 2.24) is 4.90 Å². The van der Waals surface area contributed by atoms with Crippen molar-refractivity contribution in [1.29, 1.82) is 0 Å². The van der Waals surface area contributed by atoms with E-state index >= 15 is 0 Å². The maximum atomic E-state index is 10.4. The number of hydrogen-bond acceptors (Lipinski definition) is 3. The highest BCUT2D eigenvalue weighted by Gasteiger charge is 2.32. The van der Waals surface area contributed by atoms with Crippen molar-refractivity contribution in [3.63, 3.8) is 0 Å². The highest BCUT2D eigenvalue weighted by Crippen LogP contribution is 2.29. The molecule has 0 aromatic rings. The third kappa shape index (κ3) is 3.16. The van der Waals surface area contributed by atoms with Gasteiger partial charge in [0, 0.05) is 19.1 Å². The van der Waals surface area contributed by atoms with Gasteiger partial charge >= 0.3 is 0 Å². The summed E-state index contributed by atoms with van der Waals surface area (Å²) >= 11 is 0. The Kier molecular flexibility index (Phi) is 3.65. The zero-order valence-corrected chi connectivity index (χ0v) is 9.62. The first-order valence-corrected chi connectivity index (χ1v) is 6.38. The van der Waals surface area contributed by atoms with Crippen LogP contribution in [-0.2, 0) is 0 Å². The molecule has 0 amide bonds. The minimum Gasteiger partial charge on any atom is -0.389 e. The first-order valence-electron chi connectivity index (χ1n) is 6.38. The van der Waals surface area contributed by atoms with E-state index in [2.05, 4.69) is 4.90 Å². The molecule has 2 fully saturated rings. The molecule has 0 aromatic carbocycles. The molecule has 0 spiro atoms. The lowest BCUT2D eigenvalue weighted by Gasteiger charge is -2.39. The second-order valence-electron chi connectivity index (χ2n) is 5.42. The van der Waals surface area contributed by atoms with Crippen molar-refractivity contribution >= 4 is 0 Å². The van der Waals surface area contributed by atoms with Crippen LogP contribution in [0, 0.1) is 0 Å². The number of nitrogens with zero attached hydrogens (tertiary/aromatic N) is 1. The smallest absolute Gasteiger partial charge is 0.0774 e. The zero-order valence-electron chi connectivity index (χ0n) is 9.62. The first kappa shape index (κ1) is 11.4. The average molecular weight is 212 g/mol. The summed E-state index contributed by atoms with van der Waals surface area (Å²) < 4.78 is 0. The molecule has 1 aliphatic heterocycles. The maximum Gasteiger partial charge on any atom is 0.0774 e. The van der Waals surface area contributed by atoms with Crippen LogP contribution in [0.1, 0.15) is 44.9 Å². The molecule has 3 nitrogen and oxygen atoms in total. The molecule has 1 aliphatic carbocycles. The average Bonchev–Trinajstić information content (AvgIpc) is 2.18. The molecule has 3 heteroatoms. The van der Waals surface area contributed by atoms with E-state index in [1.807, 2.05) is 0 Å². The van der Waals surface area contributed by atoms with E-state index in [0.29, 0.717) is 6.04 Å². The molecule has 1 heterocycles. The third-order valence-electron chi connectivity index (χ3n) is 3.84. The van der Waals surface area contributed by atoms with Crippen LogP contribution in [0.15, 0.2) is 0 Å². The van der Waals surface area contributed by atoms with Crippen molar-refractivity contribution < 1.29 is 5.11 Å². The molecule has 1 saturated heterocycles. The van der Waals surface area contributed by atoms with Gasteiger partial charge in [0.05, 0.1) is 5.60 Å². The van der Waals surface area contributed by atoms with Crippen LogP contribution in [0.25, 0.3) is 0 Å². The monoisotopic (exact) mass is 212 g/mol. The minimum atomic E-state index is -0.407. The fraction of sp³-hybridized carbons (Fsp3) is 1.00. The van der Waals surface area contributed by atoms with Crippen molar-refractivity contribution in [3.8, 4) is 0 Å². The van der Waals surface area contributed by atoms with E-state index in [1.165, 1.54) is 25.7 Å². The Morgan fingerprint density at radius 1 is 1.20 bits per heavy atom. The fourth-order valence-electron chi connectivity index (χ4n) is 3.02. The van der Waals surface area contributed by atoms with Crippen molar-refractivity contribution in [2.75, 3.05) is 19.6 Å². The number of rotatable bonds is 2. The van der Waals surface area contributed by atoms with Crippen LogP contribution in [0.2, 0.25) is 0 Å². The van der Waals surface area contributed by atoms with E-state index in [4.69, 9.17) is 5.73 Å². The van der Waals surface area contributed by atoms with Crippen LogP contribution >= 0.6 is 0 Å². The normalized spacial score (nSPS) is 32.8. The van der Waals surface area contributed by atoms with Crippen LogP contribution in [0.4, 0.5) is 0 Å². The Balaban J connectivity index is 1.83. The Morgan fingerprint density at radius 2 is 1.93 bits per heavy atom. The van der Waals surface area contributed by atoms with E-state index in [1.54, 1.807) is 0 Å². The number of piperidine rings is 1. The molecule has 2 rings (SSSR count). The molecule has 88 valence electrons. The van der Waals surface area contributed by atoms with Gasteiger partial charge in [0.2, 0.25) is 0 Å². The predicted molar refractivity (Wildman–Crippen MR) is 61.7 cm³/mol. The zero-order chi connectivity index (χ0) is 10.7. The molecule has 15 heavy (non-hydrogen) atoms. The molecule has 3 N–H and O–H groups in total. The molecule has 0 radical (unpaired) electrons. The number of likely N-dealkylation sites (tertiary alicyclic amines) is 1. The third-order valence-corrected chi connectivity index (χ3v) is 3.84. The lowest BCUT2D eigenvalue weighted by molar-refractivity contribution is -0.0310. The van der Waals surface area contributed by atoms with Crippen LogP contribution in [0.5, 0.6) is 0 Å². The fourth-order valence-corrected chi connectivity index (χ4v) is 3.02. The molecule has 1 saturated carbocycles. The number of hydrogen-bond donors (Lipinski definition) is 2. The SMILES string of the molecule is NC1CCCN(CC2(O)CCCCC2)C1. The standard InChI is InChI=1S/C12H24N2O/c13-11-5-4-8-14(9-11)10-12(15)6-2-1-3-7-12/h11,15H,1-10,13H2. The molecular weight excluding hydrogens is 188 g/mol. The van der Waals surface area contributed by atoms with Gasteiger partial charge < -0.3 is 10.8 Å². The summed E-state index contributed by atoms with van der Waals surface area (Å²) in [4.78, 5) is 2.36. The molecular formula is C12H24N2O. The van der Waals surface area contributed by atoms with Gasteiger partial charge in [0.25, 0.3) is 0 Å². The summed E-state index contributed by atoms with van der Waals surface area (Å²) in [6.45, 7) is 2.94. The Labute approximate surface area is 92.6 Å². The second kappa shape index (κ2) is 4.81. The number of nitrogens with two attached hydrogens (primary N) is 1. The Hall–Kier alpha value is -0.120. The van der Waals surface area contributed by atoms with Gasteiger partial charge in [0.15, 0.2) is 0 Å². The summed E-state index contributed by atoms with van der Waals surface area (Å²) in [6, 6.07) is 0.325. The summed E-state index contributed by atoms with van der Waals surface area (Å²) in [5.74, 6) is 0. The van der Waals surface area contributed by atoms with Crippen LogP contribution < -0.4 is 5.73 Å². The first-order chi connectivity index (χ1) is 7.18. The quantitative estimate of drug-likeness (QED) is 0.721. The van der Waals surface area contributed by atoms with Crippen LogP contribution in [-0.4, -0.2) is 41.3 Å². The van der Waals surface area contributed by atoms with Crippen molar-refractivity contribution in [2.24, 2.45) is 5.73 Å². The summed E-state index contributed by atoms with van der Waals surface area (Å²) in [5, 5.41) is 10.4.